The average molecular weight is 392 g/mol. The second kappa shape index (κ2) is 7.92. The highest BCUT2D eigenvalue weighted by atomic mass is 19.4. The molecule has 6 nitrogen and oxygen atoms in total. The van der Waals surface area contributed by atoms with Crippen LogP contribution in [0.25, 0.3) is 0 Å². The number of aryl methyl sites for hydroxylation is 1. The summed E-state index contributed by atoms with van der Waals surface area (Å²) in [6, 6.07) is 4.91. The molecule has 0 bridgehead atoms. The van der Waals surface area contributed by atoms with Gasteiger partial charge in [0.2, 0.25) is 0 Å². The van der Waals surface area contributed by atoms with Crippen LogP contribution in [0.15, 0.2) is 30.6 Å². The van der Waals surface area contributed by atoms with Crippen molar-refractivity contribution in [3.8, 4) is 11.8 Å². The molecule has 0 aliphatic heterocycles. The number of carbonyl (C=O) groups excluding carboxylic acids is 1. The van der Waals surface area contributed by atoms with Crippen molar-refractivity contribution in [3.63, 3.8) is 0 Å². The number of amides is 1. The average Bonchev–Trinajstić information content (AvgIpc) is 3.09. The minimum Gasteiger partial charge on any atom is -0.490 e. The van der Waals surface area contributed by atoms with Crippen LogP contribution in [0, 0.1) is 11.3 Å². The summed E-state index contributed by atoms with van der Waals surface area (Å²) in [6.45, 7) is 0. The van der Waals surface area contributed by atoms with E-state index in [0.29, 0.717) is 31.2 Å². The van der Waals surface area contributed by atoms with E-state index >= 15 is 0 Å². The van der Waals surface area contributed by atoms with Crippen LogP contribution in [0.3, 0.4) is 0 Å². The third-order valence-corrected chi connectivity index (χ3v) is 4.70. The Morgan fingerprint density at radius 2 is 2.04 bits per heavy atom. The second-order valence-electron chi connectivity index (χ2n) is 6.78. The van der Waals surface area contributed by atoms with E-state index in [1.807, 2.05) is 0 Å². The van der Waals surface area contributed by atoms with Crippen molar-refractivity contribution in [2.45, 2.75) is 44.0 Å². The molecule has 2 aromatic rings. The Kier molecular flexibility index (Phi) is 5.58. The molecule has 0 spiro atoms. The topological polar surface area (TPSA) is 79.9 Å². The predicted octanol–water partition coefficient (Wildman–Crippen LogP) is 3.43. The molecule has 1 fully saturated rings. The lowest BCUT2D eigenvalue weighted by Gasteiger charge is -2.29. The largest absolute Gasteiger partial charge is 0.490 e. The van der Waals surface area contributed by atoms with E-state index in [0.717, 1.165) is 12.1 Å². The monoisotopic (exact) mass is 392 g/mol. The van der Waals surface area contributed by atoms with Crippen LogP contribution in [0.5, 0.6) is 5.75 Å². The van der Waals surface area contributed by atoms with Gasteiger partial charge in [0.05, 0.1) is 35.1 Å². The fraction of sp³-hybridized carbons (Fsp3) is 0.421. The van der Waals surface area contributed by atoms with Crippen molar-refractivity contribution in [1.82, 2.24) is 15.1 Å². The zero-order valence-electron chi connectivity index (χ0n) is 15.2. The van der Waals surface area contributed by atoms with Crippen molar-refractivity contribution in [3.05, 3.63) is 47.3 Å². The number of carbonyl (C=O) groups is 1. The molecular formula is C19H19F3N4O2. The summed E-state index contributed by atoms with van der Waals surface area (Å²) in [5.41, 5.74) is -0.940. The number of benzene rings is 1. The minimum absolute atomic E-state index is 0.0146. The molecule has 0 unspecified atom stereocenters. The predicted molar refractivity (Wildman–Crippen MR) is 93.5 cm³/mol. The van der Waals surface area contributed by atoms with Crippen molar-refractivity contribution in [2.75, 3.05) is 0 Å². The highest BCUT2D eigenvalue weighted by Crippen LogP contribution is 2.35. The lowest BCUT2D eigenvalue weighted by molar-refractivity contribution is -0.137. The van der Waals surface area contributed by atoms with Crippen LogP contribution in [-0.4, -0.2) is 27.8 Å². The first kappa shape index (κ1) is 19.7. The maximum absolute atomic E-state index is 13.1. The van der Waals surface area contributed by atoms with Gasteiger partial charge in [-0.15, -0.1) is 0 Å². The molecule has 3 rings (SSSR count). The molecule has 1 saturated carbocycles. The molecule has 1 aromatic heterocycles. The molecule has 0 atom stereocenters. The van der Waals surface area contributed by atoms with Crippen LogP contribution in [-0.2, 0) is 13.2 Å². The molecule has 28 heavy (non-hydrogen) atoms. The summed E-state index contributed by atoms with van der Waals surface area (Å²) in [7, 11) is 1.73. The first-order valence-corrected chi connectivity index (χ1v) is 8.84. The van der Waals surface area contributed by atoms with Crippen molar-refractivity contribution >= 4 is 5.91 Å². The van der Waals surface area contributed by atoms with Crippen LogP contribution in [0.2, 0.25) is 0 Å². The quantitative estimate of drug-likeness (QED) is 0.865. The SMILES string of the molecule is Cn1cc(C(=O)N[C@H]2CC[C@H](Oc3ccc(C#N)c(C(F)(F)F)c3)CC2)cn1. The van der Waals surface area contributed by atoms with Gasteiger partial charge in [0.1, 0.15) is 5.75 Å². The number of hydrogen-bond acceptors (Lipinski definition) is 4. The van der Waals surface area contributed by atoms with E-state index < -0.39 is 17.3 Å². The number of aromatic nitrogens is 2. The van der Waals surface area contributed by atoms with Gasteiger partial charge >= 0.3 is 6.18 Å². The van der Waals surface area contributed by atoms with E-state index in [4.69, 9.17) is 10.00 Å². The van der Waals surface area contributed by atoms with Gasteiger partial charge in [0.15, 0.2) is 0 Å². The van der Waals surface area contributed by atoms with Crippen LogP contribution in [0.4, 0.5) is 13.2 Å². The molecule has 0 saturated heterocycles. The Morgan fingerprint density at radius 1 is 1.32 bits per heavy atom. The number of rotatable bonds is 4. The smallest absolute Gasteiger partial charge is 0.417 e. The van der Waals surface area contributed by atoms with Crippen molar-refractivity contribution < 1.29 is 22.7 Å². The molecule has 1 N–H and O–H groups in total. The fourth-order valence-corrected chi connectivity index (χ4v) is 3.25. The van der Waals surface area contributed by atoms with Gasteiger partial charge in [-0.2, -0.15) is 23.5 Å². The lowest BCUT2D eigenvalue weighted by atomic mass is 9.92. The number of hydrogen-bond donors (Lipinski definition) is 1. The molecular weight excluding hydrogens is 373 g/mol. The molecule has 1 aliphatic carbocycles. The molecule has 9 heteroatoms. The van der Waals surface area contributed by atoms with Gasteiger partial charge in [-0.05, 0) is 43.9 Å². The summed E-state index contributed by atoms with van der Waals surface area (Å²) >= 11 is 0. The molecule has 1 aromatic carbocycles. The van der Waals surface area contributed by atoms with Gasteiger partial charge in [0, 0.05) is 19.3 Å². The first-order chi connectivity index (χ1) is 13.3. The molecule has 1 amide bonds. The number of nitrogens with one attached hydrogen (secondary N) is 1. The standard InChI is InChI=1S/C19H19F3N4O2/c1-26-11-13(10-24-26)18(27)25-14-3-6-15(7-4-14)28-16-5-2-12(9-23)17(8-16)19(20,21)22/h2,5,8,10-11,14-15H,3-4,6-7H2,1H3,(H,25,27)/t14-,15-. The van der Waals surface area contributed by atoms with Gasteiger partial charge in [-0.3, -0.25) is 9.48 Å². The maximum atomic E-state index is 13.1. The van der Waals surface area contributed by atoms with E-state index in [1.165, 1.54) is 12.3 Å². The lowest BCUT2D eigenvalue weighted by Crippen LogP contribution is -2.39. The zero-order valence-corrected chi connectivity index (χ0v) is 15.2. The van der Waals surface area contributed by atoms with E-state index in [2.05, 4.69) is 10.4 Å². The van der Waals surface area contributed by atoms with Crippen LogP contribution >= 0.6 is 0 Å². The van der Waals surface area contributed by atoms with Crippen LogP contribution < -0.4 is 10.1 Å². The Hall–Kier alpha value is -3.02. The number of alkyl halides is 3. The zero-order chi connectivity index (χ0) is 20.3. The summed E-state index contributed by atoms with van der Waals surface area (Å²) in [4.78, 5) is 12.2. The number of nitriles is 1. The molecule has 0 radical (unpaired) electrons. The van der Waals surface area contributed by atoms with Crippen molar-refractivity contribution in [2.24, 2.45) is 7.05 Å². The highest BCUT2D eigenvalue weighted by Gasteiger charge is 2.34. The van der Waals surface area contributed by atoms with Crippen molar-refractivity contribution in [1.29, 1.82) is 5.26 Å². The van der Waals surface area contributed by atoms with E-state index in [9.17, 15) is 18.0 Å². The third kappa shape index (κ3) is 4.63. The molecule has 1 heterocycles. The normalized spacial score (nSPS) is 19.7. The number of halogens is 3. The highest BCUT2D eigenvalue weighted by molar-refractivity contribution is 5.93. The first-order valence-electron chi connectivity index (χ1n) is 8.84. The molecule has 1 aliphatic rings. The maximum Gasteiger partial charge on any atom is 0.417 e. The fourth-order valence-electron chi connectivity index (χ4n) is 3.25. The van der Waals surface area contributed by atoms with Gasteiger partial charge in [-0.1, -0.05) is 0 Å². The third-order valence-electron chi connectivity index (χ3n) is 4.70. The van der Waals surface area contributed by atoms with Gasteiger partial charge in [-0.25, -0.2) is 0 Å². The summed E-state index contributed by atoms with van der Waals surface area (Å²) in [6.07, 6.45) is 0.830. The van der Waals surface area contributed by atoms with Gasteiger partial charge < -0.3 is 10.1 Å². The van der Waals surface area contributed by atoms with E-state index in [1.54, 1.807) is 24.0 Å². The summed E-state index contributed by atoms with van der Waals surface area (Å²) in [5.74, 6) is -0.103. The Bertz CT molecular complexity index is 893. The van der Waals surface area contributed by atoms with Gasteiger partial charge in [0.25, 0.3) is 5.91 Å². The Labute approximate surface area is 159 Å². The summed E-state index contributed by atoms with van der Waals surface area (Å²) < 4.78 is 46.4. The molecule has 148 valence electrons. The number of nitrogens with zero attached hydrogens (tertiary/aromatic N) is 3. The minimum atomic E-state index is -4.61. The van der Waals surface area contributed by atoms with Crippen LogP contribution in [0.1, 0.15) is 47.2 Å². The summed E-state index contributed by atoms with van der Waals surface area (Å²) in [5, 5.41) is 15.8. The Morgan fingerprint density at radius 3 is 2.61 bits per heavy atom. The number of ether oxygens (including phenoxy) is 1. The van der Waals surface area contributed by atoms with E-state index in [-0.39, 0.29) is 23.8 Å². The Balaban J connectivity index is 1.56. The second-order valence-corrected chi connectivity index (χ2v) is 6.78.